The lowest BCUT2D eigenvalue weighted by Crippen LogP contribution is -2.05. The van der Waals surface area contributed by atoms with Gasteiger partial charge in [0.05, 0.1) is 18.8 Å². The maximum absolute atomic E-state index is 12.2. The van der Waals surface area contributed by atoms with Crippen LogP contribution in [0.15, 0.2) is 72.8 Å². The molecule has 0 amide bonds. The summed E-state index contributed by atoms with van der Waals surface area (Å²) in [5.74, 6) is 0.0368. The van der Waals surface area contributed by atoms with E-state index in [4.69, 9.17) is 32.7 Å². The van der Waals surface area contributed by atoms with Crippen LogP contribution in [0.5, 0.6) is 11.5 Å². The molecular formula is C25H17Cl2NO3. The van der Waals surface area contributed by atoms with Gasteiger partial charge in [0.25, 0.3) is 0 Å². The van der Waals surface area contributed by atoms with Gasteiger partial charge in [-0.25, -0.2) is 4.79 Å². The second kappa shape index (κ2) is 10.5. The number of benzene rings is 3. The van der Waals surface area contributed by atoms with E-state index in [9.17, 15) is 10.1 Å². The van der Waals surface area contributed by atoms with E-state index in [1.807, 2.05) is 30.3 Å². The first-order valence-electron chi connectivity index (χ1n) is 9.20. The van der Waals surface area contributed by atoms with Crippen molar-refractivity contribution in [1.82, 2.24) is 0 Å². The van der Waals surface area contributed by atoms with E-state index in [0.29, 0.717) is 26.9 Å². The number of hydrogen-bond acceptors (Lipinski definition) is 4. The molecule has 4 nitrogen and oxygen atoms in total. The minimum atomic E-state index is -0.588. The maximum atomic E-state index is 12.2. The minimum absolute atomic E-state index is 0.259. The van der Waals surface area contributed by atoms with E-state index in [1.165, 1.54) is 13.2 Å². The van der Waals surface area contributed by atoms with Crippen LogP contribution in [-0.4, -0.2) is 13.1 Å². The minimum Gasteiger partial charge on any atom is -0.493 e. The molecule has 154 valence electrons. The molecule has 0 fully saturated rings. The molecule has 0 saturated carbocycles. The average molecular weight is 450 g/mol. The van der Waals surface area contributed by atoms with E-state index in [1.54, 1.807) is 48.6 Å². The third kappa shape index (κ3) is 5.99. The van der Waals surface area contributed by atoms with Gasteiger partial charge in [-0.2, -0.15) is 5.26 Å². The fraction of sp³-hybridized carbons (Fsp3) is 0.0400. The van der Waals surface area contributed by atoms with Crippen molar-refractivity contribution in [2.24, 2.45) is 0 Å². The van der Waals surface area contributed by atoms with Gasteiger partial charge in [0.2, 0.25) is 0 Å². The molecule has 0 aliphatic carbocycles. The summed E-state index contributed by atoms with van der Waals surface area (Å²) in [6.45, 7) is 0. The second-order valence-electron chi connectivity index (χ2n) is 6.37. The van der Waals surface area contributed by atoms with Gasteiger partial charge in [-0.1, -0.05) is 65.7 Å². The summed E-state index contributed by atoms with van der Waals surface area (Å²) in [6, 6.07) is 21.6. The van der Waals surface area contributed by atoms with Crippen LogP contribution in [0.4, 0.5) is 0 Å². The molecule has 0 spiro atoms. The van der Waals surface area contributed by atoms with Gasteiger partial charge in [0.1, 0.15) is 0 Å². The quantitative estimate of drug-likeness (QED) is 0.138. The van der Waals surface area contributed by atoms with Gasteiger partial charge in [-0.05, 0) is 53.1 Å². The summed E-state index contributed by atoms with van der Waals surface area (Å²) in [6.07, 6.45) is 4.56. The van der Waals surface area contributed by atoms with E-state index >= 15 is 0 Å². The Morgan fingerprint density at radius 3 is 2.45 bits per heavy atom. The van der Waals surface area contributed by atoms with E-state index in [0.717, 1.165) is 11.1 Å². The normalized spacial score (nSPS) is 11.2. The van der Waals surface area contributed by atoms with Gasteiger partial charge in [-0.15, -0.1) is 0 Å². The third-order valence-corrected chi connectivity index (χ3v) is 4.84. The molecule has 0 N–H and O–H groups in total. The van der Waals surface area contributed by atoms with Crippen molar-refractivity contribution in [2.75, 3.05) is 7.11 Å². The lowest BCUT2D eigenvalue weighted by atomic mass is 10.0. The highest BCUT2D eigenvalue weighted by Gasteiger charge is 2.10. The van der Waals surface area contributed by atoms with Crippen LogP contribution in [0.25, 0.3) is 17.7 Å². The first kappa shape index (κ1) is 22.2. The molecule has 3 rings (SSSR count). The Kier molecular flexibility index (Phi) is 7.50. The summed E-state index contributed by atoms with van der Waals surface area (Å²) >= 11 is 12.0. The third-order valence-electron chi connectivity index (χ3n) is 4.28. The topological polar surface area (TPSA) is 59.3 Å². The monoisotopic (exact) mass is 449 g/mol. The molecule has 0 bridgehead atoms. The average Bonchev–Trinajstić information content (AvgIpc) is 2.78. The van der Waals surface area contributed by atoms with Gasteiger partial charge in [0, 0.05) is 16.1 Å². The number of nitrogens with zero attached hydrogens (tertiary/aromatic N) is 1. The number of halogens is 2. The largest absolute Gasteiger partial charge is 0.493 e. The number of hydrogen-bond donors (Lipinski definition) is 0. The molecular weight excluding hydrogens is 433 g/mol. The molecule has 31 heavy (non-hydrogen) atoms. The summed E-state index contributed by atoms with van der Waals surface area (Å²) < 4.78 is 10.7. The van der Waals surface area contributed by atoms with Crippen molar-refractivity contribution >= 4 is 46.9 Å². The van der Waals surface area contributed by atoms with Gasteiger partial charge in [-0.3, -0.25) is 0 Å². The zero-order valence-electron chi connectivity index (χ0n) is 16.5. The molecule has 0 aliphatic rings. The molecule has 3 aromatic carbocycles. The zero-order chi connectivity index (χ0) is 22.2. The van der Waals surface area contributed by atoms with Crippen LogP contribution >= 0.6 is 23.2 Å². The number of ether oxygens (including phenoxy) is 2. The Bertz CT molecular complexity index is 1200. The Morgan fingerprint density at radius 1 is 1.00 bits per heavy atom. The lowest BCUT2D eigenvalue weighted by molar-refractivity contribution is -0.129. The molecule has 6 heteroatoms. The van der Waals surface area contributed by atoms with E-state index in [-0.39, 0.29) is 5.75 Å². The Balaban J connectivity index is 1.78. The number of carbonyl (C=O) groups is 1. The molecule has 0 radical (unpaired) electrons. The van der Waals surface area contributed by atoms with Crippen molar-refractivity contribution < 1.29 is 14.3 Å². The molecule has 0 heterocycles. The molecule has 0 atom stereocenters. The van der Waals surface area contributed by atoms with Crippen LogP contribution in [0.3, 0.4) is 0 Å². The lowest BCUT2D eigenvalue weighted by Gasteiger charge is -2.09. The number of carbonyl (C=O) groups excluding carboxylic acids is 1. The van der Waals surface area contributed by atoms with Crippen LogP contribution < -0.4 is 9.47 Å². The second-order valence-corrected chi connectivity index (χ2v) is 7.21. The fourth-order valence-electron chi connectivity index (χ4n) is 2.76. The summed E-state index contributed by atoms with van der Waals surface area (Å²) in [5.41, 5.74) is 2.70. The van der Waals surface area contributed by atoms with E-state index in [2.05, 4.69) is 6.07 Å². The molecule has 3 aromatic rings. The zero-order valence-corrected chi connectivity index (χ0v) is 18.0. The first-order valence-corrected chi connectivity index (χ1v) is 9.96. The highest BCUT2D eigenvalue weighted by molar-refractivity contribution is 6.35. The molecule has 0 unspecified atom stereocenters. The summed E-state index contributed by atoms with van der Waals surface area (Å²) in [4.78, 5) is 12.2. The van der Waals surface area contributed by atoms with Crippen molar-refractivity contribution in [3.8, 4) is 17.6 Å². The van der Waals surface area contributed by atoms with Crippen LogP contribution in [0, 0.1) is 11.3 Å². The van der Waals surface area contributed by atoms with Crippen LogP contribution in [-0.2, 0) is 4.79 Å². The summed E-state index contributed by atoms with van der Waals surface area (Å²) in [7, 11) is 1.48. The molecule has 0 saturated heterocycles. The number of nitriles is 1. The number of allylic oxidation sites excluding steroid dienone is 1. The van der Waals surface area contributed by atoms with Gasteiger partial charge < -0.3 is 9.47 Å². The van der Waals surface area contributed by atoms with Gasteiger partial charge in [0.15, 0.2) is 11.5 Å². The van der Waals surface area contributed by atoms with E-state index < -0.39 is 5.97 Å². The van der Waals surface area contributed by atoms with Crippen LogP contribution in [0.2, 0.25) is 10.0 Å². The maximum Gasteiger partial charge on any atom is 0.336 e. The number of rotatable bonds is 6. The molecule has 0 aliphatic heterocycles. The Hall–Kier alpha value is -3.52. The fourth-order valence-corrected chi connectivity index (χ4v) is 3.23. The Morgan fingerprint density at radius 2 is 1.77 bits per heavy atom. The van der Waals surface area contributed by atoms with Crippen molar-refractivity contribution in [3.63, 3.8) is 0 Å². The Labute approximate surface area is 190 Å². The van der Waals surface area contributed by atoms with Crippen LogP contribution in [0.1, 0.15) is 16.7 Å². The first-order chi connectivity index (χ1) is 15.0. The highest BCUT2D eigenvalue weighted by atomic mass is 35.5. The highest BCUT2D eigenvalue weighted by Crippen LogP contribution is 2.30. The van der Waals surface area contributed by atoms with Crippen molar-refractivity contribution in [2.45, 2.75) is 0 Å². The SMILES string of the molecule is COc1cc(/C=C(\C#N)c2ccccc2)ccc1OC(=O)/C=C/c1ccc(Cl)cc1Cl. The molecule has 0 aromatic heterocycles. The van der Waals surface area contributed by atoms with Crippen molar-refractivity contribution in [3.05, 3.63) is 99.5 Å². The number of methoxy groups -OCH3 is 1. The summed E-state index contributed by atoms with van der Waals surface area (Å²) in [5, 5.41) is 10.4. The van der Waals surface area contributed by atoms with Gasteiger partial charge >= 0.3 is 5.97 Å². The standard InChI is InChI=1S/C25H17Cl2NO3/c1-30-24-14-17(13-20(16-28)18-5-3-2-4-6-18)7-11-23(24)31-25(29)12-9-19-8-10-21(26)15-22(19)27/h2-15H,1H3/b12-9+,20-13+. The predicted molar refractivity (Wildman–Crippen MR) is 124 cm³/mol. The smallest absolute Gasteiger partial charge is 0.336 e. The number of esters is 1. The van der Waals surface area contributed by atoms with Crippen molar-refractivity contribution in [1.29, 1.82) is 5.26 Å². The predicted octanol–water partition coefficient (Wildman–Crippen LogP) is 6.68.